The fourth-order valence-corrected chi connectivity index (χ4v) is 2.55. The van der Waals surface area contributed by atoms with E-state index >= 15 is 0 Å². The first-order chi connectivity index (χ1) is 10.3. The van der Waals surface area contributed by atoms with Crippen molar-refractivity contribution < 1.29 is 14.4 Å². The third kappa shape index (κ3) is 4.14. The molecule has 0 aliphatic carbocycles. The lowest BCUT2D eigenvalue weighted by atomic mass is 9.98. The molecule has 0 aromatic heterocycles. The summed E-state index contributed by atoms with van der Waals surface area (Å²) < 4.78 is 6.28. The average Bonchev–Trinajstić information content (AvgIpc) is 2.47. The van der Waals surface area contributed by atoms with E-state index in [1.54, 1.807) is 12.2 Å². The van der Waals surface area contributed by atoms with Crippen molar-refractivity contribution in [3.63, 3.8) is 0 Å². The highest BCUT2D eigenvalue weighted by atomic mass is 79.9. The lowest BCUT2D eigenvalue weighted by molar-refractivity contribution is -0.201. The first kappa shape index (κ1) is 17.1. The highest BCUT2D eigenvalue weighted by Crippen LogP contribution is 2.30. The zero-order chi connectivity index (χ0) is 16.3. The van der Waals surface area contributed by atoms with E-state index in [1.807, 2.05) is 32.9 Å². The fourth-order valence-electron chi connectivity index (χ4n) is 2.14. The van der Waals surface area contributed by atoms with Crippen molar-refractivity contribution in [1.82, 2.24) is 5.06 Å². The van der Waals surface area contributed by atoms with Gasteiger partial charge in [0.05, 0.1) is 30.1 Å². The van der Waals surface area contributed by atoms with Crippen molar-refractivity contribution >= 4 is 27.6 Å². The molecule has 1 heterocycles. The molecule has 1 aromatic carbocycles. The third-order valence-corrected chi connectivity index (χ3v) is 4.22. The Morgan fingerprint density at radius 2 is 1.82 bits per heavy atom. The second kappa shape index (κ2) is 6.87. The molecule has 0 unspecified atom stereocenters. The Labute approximate surface area is 140 Å². The molecule has 1 saturated heterocycles. The molecule has 0 saturated carbocycles. The molecule has 0 bridgehead atoms. The summed E-state index contributed by atoms with van der Waals surface area (Å²) in [4.78, 5) is 19.6. The summed E-state index contributed by atoms with van der Waals surface area (Å²) in [5, 5.41) is 1.75. The smallest absolute Gasteiger partial charge is 0.330 e. The van der Waals surface area contributed by atoms with Gasteiger partial charge in [-0.3, -0.25) is 0 Å². The number of hydrogen-bond acceptors (Lipinski definition) is 5. The molecule has 2 rings (SSSR count). The van der Waals surface area contributed by atoms with Crippen LogP contribution in [0, 0.1) is 5.41 Å². The lowest BCUT2D eigenvalue weighted by Gasteiger charge is -2.35. The molecule has 22 heavy (non-hydrogen) atoms. The molecule has 0 amide bonds. The van der Waals surface area contributed by atoms with Crippen molar-refractivity contribution in [2.24, 2.45) is 5.41 Å². The molecular formula is C16H23BrN2O3. The Balaban J connectivity index is 1.93. The van der Waals surface area contributed by atoms with Gasteiger partial charge < -0.3 is 14.5 Å². The predicted molar refractivity (Wildman–Crippen MR) is 90.0 cm³/mol. The van der Waals surface area contributed by atoms with Gasteiger partial charge in [-0.15, -0.1) is 5.06 Å². The molecule has 0 spiro atoms. The zero-order valence-electron chi connectivity index (χ0n) is 13.6. The van der Waals surface area contributed by atoms with Crippen LogP contribution in [0.1, 0.15) is 20.8 Å². The minimum Gasteiger partial charge on any atom is -0.495 e. The first-order valence-corrected chi connectivity index (χ1v) is 8.16. The molecule has 1 aromatic rings. The largest absolute Gasteiger partial charge is 0.495 e. The second-order valence-electron chi connectivity index (χ2n) is 6.36. The molecule has 0 N–H and O–H groups in total. The van der Waals surface area contributed by atoms with Gasteiger partial charge in [0, 0.05) is 24.8 Å². The van der Waals surface area contributed by atoms with Gasteiger partial charge in [0.2, 0.25) is 0 Å². The topological polar surface area (TPSA) is 42.0 Å². The maximum atomic E-state index is 11.9. The minimum absolute atomic E-state index is 0.189. The van der Waals surface area contributed by atoms with E-state index in [0.717, 1.165) is 29.0 Å². The minimum atomic E-state index is -0.476. The Bertz CT molecular complexity index is 535. The maximum absolute atomic E-state index is 11.9. The van der Waals surface area contributed by atoms with E-state index in [1.165, 1.54) is 0 Å². The number of piperazine rings is 1. The van der Waals surface area contributed by atoms with Crippen molar-refractivity contribution in [3.05, 3.63) is 22.7 Å². The molecule has 6 heteroatoms. The van der Waals surface area contributed by atoms with Gasteiger partial charge in [-0.2, -0.15) is 0 Å². The number of anilines is 1. The summed E-state index contributed by atoms with van der Waals surface area (Å²) in [5.74, 6) is 0.630. The summed E-state index contributed by atoms with van der Waals surface area (Å²) in [6.45, 7) is 8.59. The number of carbonyl (C=O) groups is 1. The standard InChI is InChI=1S/C16H23BrN2O3/c1-16(2,3)15(20)22-19-9-7-18(8-10-19)12-5-6-13(17)14(11-12)21-4/h5-6,11H,7-10H2,1-4H3. The van der Waals surface area contributed by atoms with E-state index in [-0.39, 0.29) is 5.97 Å². The van der Waals surface area contributed by atoms with E-state index in [4.69, 9.17) is 9.57 Å². The highest BCUT2D eigenvalue weighted by Gasteiger charge is 2.28. The number of hydrogen-bond donors (Lipinski definition) is 0. The van der Waals surface area contributed by atoms with Gasteiger partial charge in [-0.25, -0.2) is 4.79 Å². The summed E-state index contributed by atoms with van der Waals surface area (Å²) in [7, 11) is 1.66. The van der Waals surface area contributed by atoms with Crippen LogP contribution >= 0.6 is 15.9 Å². The second-order valence-corrected chi connectivity index (χ2v) is 7.22. The molecule has 5 nitrogen and oxygen atoms in total. The van der Waals surface area contributed by atoms with Crippen LogP contribution in [0.25, 0.3) is 0 Å². The number of carbonyl (C=O) groups excluding carboxylic acids is 1. The van der Waals surface area contributed by atoms with Gasteiger partial charge >= 0.3 is 5.97 Å². The van der Waals surface area contributed by atoms with E-state index in [0.29, 0.717) is 13.1 Å². The van der Waals surface area contributed by atoms with E-state index in [9.17, 15) is 4.79 Å². The molecular weight excluding hydrogens is 348 g/mol. The molecule has 1 fully saturated rings. The summed E-state index contributed by atoms with van der Waals surface area (Å²) in [5.41, 5.74) is 0.637. The Morgan fingerprint density at radius 3 is 2.36 bits per heavy atom. The number of methoxy groups -OCH3 is 1. The van der Waals surface area contributed by atoms with Crippen LogP contribution in [-0.4, -0.2) is 44.3 Å². The van der Waals surface area contributed by atoms with Crippen LogP contribution in [0.2, 0.25) is 0 Å². The average molecular weight is 371 g/mol. The lowest BCUT2D eigenvalue weighted by Crippen LogP contribution is -2.48. The monoisotopic (exact) mass is 370 g/mol. The van der Waals surface area contributed by atoms with Crippen molar-refractivity contribution in [2.45, 2.75) is 20.8 Å². The number of rotatable bonds is 3. The number of hydroxylamine groups is 2. The van der Waals surface area contributed by atoms with Gasteiger partial charge in [-0.05, 0) is 48.8 Å². The van der Waals surface area contributed by atoms with Crippen LogP contribution in [-0.2, 0) is 9.63 Å². The van der Waals surface area contributed by atoms with Gasteiger partial charge in [-0.1, -0.05) is 0 Å². The fraction of sp³-hybridized carbons (Fsp3) is 0.562. The van der Waals surface area contributed by atoms with Gasteiger partial charge in [0.15, 0.2) is 0 Å². The van der Waals surface area contributed by atoms with E-state index < -0.39 is 5.41 Å². The molecule has 1 aliphatic heterocycles. The normalized spacial score (nSPS) is 16.5. The Morgan fingerprint density at radius 1 is 1.18 bits per heavy atom. The quantitative estimate of drug-likeness (QED) is 0.817. The van der Waals surface area contributed by atoms with E-state index in [2.05, 4.69) is 26.9 Å². The third-order valence-electron chi connectivity index (χ3n) is 3.56. The van der Waals surface area contributed by atoms with Crippen LogP contribution in [0.5, 0.6) is 5.75 Å². The maximum Gasteiger partial charge on any atom is 0.330 e. The Hall–Kier alpha value is -1.27. The number of benzene rings is 1. The number of halogens is 1. The Kier molecular flexibility index (Phi) is 5.34. The molecule has 122 valence electrons. The summed E-state index contributed by atoms with van der Waals surface area (Å²) >= 11 is 3.46. The van der Waals surface area contributed by atoms with Crippen molar-refractivity contribution in [3.8, 4) is 5.75 Å². The molecule has 0 atom stereocenters. The van der Waals surface area contributed by atoms with Crippen molar-refractivity contribution in [1.29, 1.82) is 0 Å². The highest BCUT2D eigenvalue weighted by molar-refractivity contribution is 9.10. The first-order valence-electron chi connectivity index (χ1n) is 7.37. The number of ether oxygens (including phenoxy) is 1. The SMILES string of the molecule is COc1cc(N2CCN(OC(=O)C(C)(C)C)CC2)ccc1Br. The molecule has 1 aliphatic rings. The van der Waals surface area contributed by atoms with Crippen LogP contribution < -0.4 is 9.64 Å². The number of nitrogens with zero attached hydrogens (tertiary/aromatic N) is 2. The predicted octanol–water partition coefficient (Wildman–Crippen LogP) is 3.08. The molecule has 0 radical (unpaired) electrons. The van der Waals surface area contributed by atoms with Crippen molar-refractivity contribution in [2.75, 3.05) is 38.2 Å². The van der Waals surface area contributed by atoms with Gasteiger partial charge in [0.25, 0.3) is 0 Å². The van der Waals surface area contributed by atoms with Crippen LogP contribution in [0.15, 0.2) is 22.7 Å². The van der Waals surface area contributed by atoms with Crippen LogP contribution in [0.4, 0.5) is 5.69 Å². The van der Waals surface area contributed by atoms with Crippen LogP contribution in [0.3, 0.4) is 0 Å². The summed E-state index contributed by atoms with van der Waals surface area (Å²) in [6.07, 6.45) is 0. The van der Waals surface area contributed by atoms with Gasteiger partial charge in [0.1, 0.15) is 5.75 Å². The summed E-state index contributed by atoms with van der Waals surface area (Å²) in [6, 6.07) is 6.06. The zero-order valence-corrected chi connectivity index (χ0v) is 15.1.